The number of rotatable bonds is 12. The van der Waals surface area contributed by atoms with Gasteiger partial charge in [0, 0.05) is 29.8 Å². The minimum Gasteiger partial charge on any atom is -0.461 e. The lowest BCUT2D eigenvalue weighted by molar-refractivity contribution is -0.138. The van der Waals surface area contributed by atoms with E-state index in [1.54, 1.807) is 48.6 Å². The smallest absolute Gasteiger partial charge is 0.416 e. The zero-order valence-electron chi connectivity index (χ0n) is 24.1. The maximum Gasteiger partial charge on any atom is 0.416 e. The Morgan fingerprint density at radius 2 is 1.75 bits per heavy atom. The second-order valence-electron chi connectivity index (χ2n) is 9.55. The van der Waals surface area contributed by atoms with E-state index in [4.69, 9.17) is 4.74 Å². The Labute approximate surface area is 254 Å². The van der Waals surface area contributed by atoms with Crippen LogP contribution in [-0.4, -0.2) is 11.8 Å². The molecule has 3 rings (SSSR count). The van der Waals surface area contributed by atoms with Gasteiger partial charge in [-0.15, -0.1) is 0 Å². The van der Waals surface area contributed by atoms with Gasteiger partial charge >= 0.3 is 6.18 Å². The standard InChI is InChI=1S/C35H32F4N2O3/c1-4-12-30(41-34(43)27-16-10-17-29(36)22-21-27)18-11-20-32(44-25(3)26-13-6-5-7-14-26)24(2)33(42)40-23-28-15-8-9-19-31(28)35(37,38)39/h4-15,17-19,21-22H,1,3,16,20,23H2,2H3,(H,40,42)(H,41,43)/b18-11-,30-12+,32-24+. The first-order chi connectivity index (χ1) is 21.0. The first-order valence-corrected chi connectivity index (χ1v) is 13.6. The van der Waals surface area contributed by atoms with Gasteiger partial charge < -0.3 is 15.4 Å². The summed E-state index contributed by atoms with van der Waals surface area (Å²) in [7, 11) is 0. The quantitative estimate of drug-likeness (QED) is 0.111. The lowest BCUT2D eigenvalue weighted by Crippen LogP contribution is -2.26. The third kappa shape index (κ3) is 9.97. The Bertz CT molecular complexity index is 1580. The molecule has 0 radical (unpaired) electrons. The number of nitrogens with one attached hydrogen (secondary N) is 2. The van der Waals surface area contributed by atoms with E-state index >= 15 is 0 Å². The van der Waals surface area contributed by atoms with Crippen molar-refractivity contribution in [3.8, 4) is 0 Å². The summed E-state index contributed by atoms with van der Waals surface area (Å²) in [6.45, 7) is 8.76. The molecule has 0 aromatic heterocycles. The number of hydrogen-bond acceptors (Lipinski definition) is 3. The van der Waals surface area contributed by atoms with Crippen molar-refractivity contribution >= 4 is 17.6 Å². The van der Waals surface area contributed by atoms with Crippen molar-refractivity contribution < 1.29 is 31.9 Å². The van der Waals surface area contributed by atoms with Crippen LogP contribution in [-0.2, 0) is 27.0 Å². The van der Waals surface area contributed by atoms with Gasteiger partial charge in [-0.2, -0.15) is 13.2 Å². The number of alkyl halides is 3. The summed E-state index contributed by atoms with van der Waals surface area (Å²) in [5.74, 6) is -1.08. The fourth-order valence-electron chi connectivity index (χ4n) is 4.03. The predicted molar refractivity (Wildman–Crippen MR) is 164 cm³/mol. The van der Waals surface area contributed by atoms with Crippen LogP contribution >= 0.6 is 0 Å². The molecule has 2 amide bonds. The van der Waals surface area contributed by atoms with Crippen molar-refractivity contribution in [1.82, 2.24) is 10.6 Å². The lowest BCUT2D eigenvalue weighted by Gasteiger charge is -2.16. The average Bonchev–Trinajstić information content (AvgIpc) is 3.23. The second kappa shape index (κ2) is 15.9. The van der Waals surface area contributed by atoms with Crippen LogP contribution < -0.4 is 10.6 Å². The summed E-state index contributed by atoms with van der Waals surface area (Å²) in [6, 6.07) is 14.0. The van der Waals surface area contributed by atoms with Gasteiger partial charge in [-0.25, -0.2) is 4.39 Å². The zero-order chi connectivity index (χ0) is 32.1. The Balaban J connectivity index is 1.81. The molecule has 44 heavy (non-hydrogen) atoms. The van der Waals surface area contributed by atoms with Crippen LogP contribution in [0.4, 0.5) is 17.6 Å². The van der Waals surface area contributed by atoms with E-state index in [9.17, 15) is 27.2 Å². The number of carbonyl (C=O) groups is 2. The van der Waals surface area contributed by atoms with Crippen molar-refractivity contribution in [2.24, 2.45) is 0 Å². The van der Waals surface area contributed by atoms with Crippen molar-refractivity contribution in [2.75, 3.05) is 0 Å². The third-order valence-electron chi connectivity index (χ3n) is 6.37. The summed E-state index contributed by atoms with van der Waals surface area (Å²) >= 11 is 0. The number of benzene rings is 2. The van der Waals surface area contributed by atoms with E-state index in [1.165, 1.54) is 49.4 Å². The number of hydrogen-bond donors (Lipinski definition) is 2. The van der Waals surface area contributed by atoms with Crippen LogP contribution in [0, 0.1) is 0 Å². The monoisotopic (exact) mass is 604 g/mol. The molecule has 228 valence electrons. The van der Waals surface area contributed by atoms with Crippen molar-refractivity contribution in [2.45, 2.75) is 32.5 Å². The molecule has 2 aromatic carbocycles. The van der Waals surface area contributed by atoms with Crippen LogP contribution in [0.15, 0.2) is 145 Å². The molecule has 2 N–H and O–H groups in total. The van der Waals surface area contributed by atoms with Gasteiger partial charge in [-0.1, -0.05) is 86.0 Å². The molecule has 0 saturated heterocycles. The van der Waals surface area contributed by atoms with Gasteiger partial charge in [0.25, 0.3) is 11.8 Å². The molecule has 0 spiro atoms. The summed E-state index contributed by atoms with van der Waals surface area (Å²) in [4.78, 5) is 25.9. The molecular formula is C35H32F4N2O3. The Morgan fingerprint density at radius 3 is 2.45 bits per heavy atom. The van der Waals surface area contributed by atoms with Crippen molar-refractivity contribution in [1.29, 1.82) is 0 Å². The zero-order valence-corrected chi connectivity index (χ0v) is 24.1. The van der Waals surface area contributed by atoms with Crippen LogP contribution in [0.25, 0.3) is 5.76 Å². The normalized spacial score (nSPS) is 14.2. The maximum atomic E-state index is 13.5. The van der Waals surface area contributed by atoms with E-state index in [-0.39, 0.29) is 42.0 Å². The molecular weight excluding hydrogens is 572 g/mol. The van der Waals surface area contributed by atoms with Crippen LogP contribution in [0.5, 0.6) is 0 Å². The van der Waals surface area contributed by atoms with Gasteiger partial charge in [-0.05, 0) is 49.3 Å². The van der Waals surface area contributed by atoms with E-state index in [2.05, 4.69) is 23.8 Å². The molecule has 2 aromatic rings. The minimum absolute atomic E-state index is 0.0635. The highest BCUT2D eigenvalue weighted by Crippen LogP contribution is 2.32. The van der Waals surface area contributed by atoms with Crippen molar-refractivity contribution in [3.63, 3.8) is 0 Å². The highest BCUT2D eigenvalue weighted by atomic mass is 19.4. The number of amides is 2. The highest BCUT2D eigenvalue weighted by Gasteiger charge is 2.32. The summed E-state index contributed by atoms with van der Waals surface area (Å²) in [5.41, 5.74) is 0.593. The predicted octanol–water partition coefficient (Wildman–Crippen LogP) is 8.16. The fraction of sp³-hybridized carbons (Fsp3) is 0.143. The minimum atomic E-state index is -4.57. The SMILES string of the molecule is C=C/C=C(\C=C/C/C(OC(=C)c1ccccc1)=C(/C)C(=O)NCc1ccccc1C(F)(F)F)NC(=O)C1=CC=C(F)C=CC1. The molecule has 0 fully saturated rings. The Kier molecular flexibility index (Phi) is 12.0. The van der Waals surface area contributed by atoms with Crippen molar-refractivity contribution in [3.05, 3.63) is 161 Å². The van der Waals surface area contributed by atoms with Gasteiger partial charge in [0.1, 0.15) is 17.3 Å². The van der Waals surface area contributed by atoms with Gasteiger partial charge in [0.2, 0.25) is 0 Å². The number of carbonyl (C=O) groups excluding carboxylic acids is 2. The largest absolute Gasteiger partial charge is 0.461 e. The topological polar surface area (TPSA) is 67.4 Å². The summed E-state index contributed by atoms with van der Waals surface area (Å²) < 4.78 is 59.8. The average molecular weight is 605 g/mol. The molecule has 5 nitrogen and oxygen atoms in total. The molecule has 0 heterocycles. The van der Waals surface area contributed by atoms with E-state index < -0.39 is 29.4 Å². The number of ether oxygens (including phenoxy) is 1. The summed E-state index contributed by atoms with van der Waals surface area (Å²) in [6.07, 6.45) is 7.42. The molecule has 9 heteroatoms. The maximum absolute atomic E-state index is 13.5. The van der Waals surface area contributed by atoms with Gasteiger partial charge in [0.15, 0.2) is 0 Å². The second-order valence-corrected chi connectivity index (χ2v) is 9.55. The van der Waals surface area contributed by atoms with E-state index in [1.807, 2.05) is 6.07 Å². The number of halogens is 4. The molecule has 0 atom stereocenters. The lowest BCUT2D eigenvalue weighted by atomic mass is 10.1. The van der Waals surface area contributed by atoms with Crippen LogP contribution in [0.2, 0.25) is 0 Å². The third-order valence-corrected chi connectivity index (χ3v) is 6.37. The molecule has 0 bridgehead atoms. The van der Waals surface area contributed by atoms with Crippen LogP contribution in [0.3, 0.4) is 0 Å². The molecule has 1 aliphatic rings. The van der Waals surface area contributed by atoms with Gasteiger partial charge in [0.05, 0.1) is 11.1 Å². The first kappa shape index (κ1) is 33.3. The van der Waals surface area contributed by atoms with Gasteiger partial charge in [-0.3, -0.25) is 9.59 Å². The first-order valence-electron chi connectivity index (χ1n) is 13.6. The molecule has 0 saturated carbocycles. The molecule has 0 unspecified atom stereocenters. The molecule has 0 aliphatic heterocycles. The Morgan fingerprint density at radius 1 is 1.05 bits per heavy atom. The Hall–Kier alpha value is -5.18. The number of allylic oxidation sites excluding steroid dienone is 9. The van der Waals surface area contributed by atoms with Crippen LogP contribution in [0.1, 0.15) is 36.5 Å². The van der Waals surface area contributed by atoms with E-state index in [0.717, 1.165) is 6.07 Å². The highest BCUT2D eigenvalue weighted by molar-refractivity contribution is 5.95. The fourth-order valence-corrected chi connectivity index (χ4v) is 4.03. The summed E-state index contributed by atoms with van der Waals surface area (Å²) in [5, 5.41) is 5.28. The molecule has 1 aliphatic carbocycles. The van der Waals surface area contributed by atoms with E-state index in [0.29, 0.717) is 16.8 Å².